The zero-order chi connectivity index (χ0) is 20.1. The molecule has 1 aliphatic heterocycles. The van der Waals surface area contributed by atoms with Crippen LogP contribution >= 0.6 is 0 Å². The predicted molar refractivity (Wildman–Crippen MR) is 114 cm³/mol. The lowest BCUT2D eigenvalue weighted by molar-refractivity contribution is -0.232. The SMILES string of the molecule is COC1CCC2(CC1)Cc1ccc(CC3CCCCC3)cc1C21N=C(N)N(C)O1. The number of benzene rings is 1. The van der Waals surface area contributed by atoms with E-state index in [0.29, 0.717) is 12.1 Å². The Morgan fingerprint density at radius 2 is 1.93 bits per heavy atom. The summed E-state index contributed by atoms with van der Waals surface area (Å²) in [5, 5.41) is 1.67. The van der Waals surface area contributed by atoms with Gasteiger partial charge in [-0.05, 0) is 55.6 Å². The van der Waals surface area contributed by atoms with Gasteiger partial charge in [0.1, 0.15) is 0 Å². The molecule has 0 amide bonds. The van der Waals surface area contributed by atoms with Crippen LogP contribution in [0.2, 0.25) is 0 Å². The van der Waals surface area contributed by atoms with Crippen LogP contribution in [0.4, 0.5) is 0 Å². The highest BCUT2D eigenvalue weighted by molar-refractivity contribution is 5.79. The smallest absolute Gasteiger partial charge is 0.220 e. The third-order valence-corrected chi connectivity index (χ3v) is 8.12. The quantitative estimate of drug-likeness (QED) is 0.827. The van der Waals surface area contributed by atoms with Gasteiger partial charge in [-0.3, -0.25) is 0 Å². The van der Waals surface area contributed by atoms with E-state index in [4.69, 9.17) is 20.3 Å². The highest BCUT2D eigenvalue weighted by Crippen LogP contribution is 2.62. The molecule has 29 heavy (non-hydrogen) atoms. The Morgan fingerprint density at radius 1 is 1.17 bits per heavy atom. The van der Waals surface area contributed by atoms with Gasteiger partial charge in [0, 0.05) is 25.1 Å². The minimum Gasteiger partial charge on any atom is -0.381 e. The third kappa shape index (κ3) is 3.09. The summed E-state index contributed by atoms with van der Waals surface area (Å²) in [6.45, 7) is 0. The average molecular weight is 398 g/mol. The standard InChI is InChI=1S/C24H35N3O2/c1-27-22(25)26-24(29-27)21-15-18(14-17-6-4-3-5-7-17)8-9-19(21)16-23(24)12-10-20(28-2)11-13-23/h8-9,15,17,20H,3-7,10-14,16H2,1-2H3,(H2,25,26). The van der Waals surface area contributed by atoms with Crippen molar-refractivity contribution >= 4 is 5.96 Å². The van der Waals surface area contributed by atoms with Crippen molar-refractivity contribution in [2.45, 2.75) is 82.5 Å². The van der Waals surface area contributed by atoms with Gasteiger partial charge in [-0.2, -0.15) is 0 Å². The van der Waals surface area contributed by atoms with Gasteiger partial charge in [0.25, 0.3) is 0 Å². The second-order valence-corrected chi connectivity index (χ2v) is 9.79. The molecule has 158 valence electrons. The molecule has 0 saturated heterocycles. The van der Waals surface area contributed by atoms with Gasteiger partial charge >= 0.3 is 0 Å². The molecule has 1 aromatic carbocycles. The number of ether oxygens (including phenoxy) is 1. The van der Waals surface area contributed by atoms with E-state index in [2.05, 4.69) is 18.2 Å². The van der Waals surface area contributed by atoms with E-state index in [1.807, 2.05) is 14.2 Å². The fourth-order valence-corrected chi connectivity index (χ4v) is 6.43. The number of nitrogens with zero attached hydrogens (tertiary/aromatic N) is 2. The van der Waals surface area contributed by atoms with Crippen molar-refractivity contribution in [3.8, 4) is 0 Å². The van der Waals surface area contributed by atoms with E-state index in [9.17, 15) is 0 Å². The molecule has 1 aromatic rings. The Balaban J connectivity index is 1.50. The molecule has 1 unspecified atom stereocenters. The van der Waals surface area contributed by atoms with Crippen LogP contribution in [-0.4, -0.2) is 31.3 Å². The van der Waals surface area contributed by atoms with Crippen molar-refractivity contribution in [1.29, 1.82) is 0 Å². The average Bonchev–Trinajstić information content (AvgIpc) is 3.18. The zero-order valence-electron chi connectivity index (χ0n) is 18.0. The molecule has 1 heterocycles. The van der Waals surface area contributed by atoms with Gasteiger partial charge in [-0.25, -0.2) is 14.9 Å². The third-order valence-electron chi connectivity index (χ3n) is 8.12. The van der Waals surface area contributed by atoms with Crippen LogP contribution in [0, 0.1) is 11.3 Å². The van der Waals surface area contributed by atoms with Crippen molar-refractivity contribution in [2.75, 3.05) is 14.2 Å². The van der Waals surface area contributed by atoms with Crippen molar-refractivity contribution in [3.05, 3.63) is 34.9 Å². The Hall–Kier alpha value is -1.59. The first-order chi connectivity index (χ1) is 14.1. The summed E-state index contributed by atoms with van der Waals surface area (Å²) in [6, 6.07) is 7.10. The minimum absolute atomic E-state index is 0.0246. The molecule has 0 radical (unpaired) electrons. The molecule has 5 nitrogen and oxygen atoms in total. The lowest BCUT2D eigenvalue weighted by Crippen LogP contribution is -2.46. The van der Waals surface area contributed by atoms with Crippen LogP contribution in [-0.2, 0) is 28.1 Å². The number of hydroxylamine groups is 2. The molecule has 5 heteroatoms. The molecular formula is C24H35N3O2. The second-order valence-electron chi connectivity index (χ2n) is 9.79. The first-order valence-electron chi connectivity index (χ1n) is 11.5. The molecule has 0 aromatic heterocycles. The number of aliphatic imine (C=N–C) groups is 1. The molecule has 4 aliphatic rings. The van der Waals surface area contributed by atoms with E-state index in [1.165, 1.54) is 55.2 Å². The number of methoxy groups -OCH3 is 1. The van der Waals surface area contributed by atoms with E-state index >= 15 is 0 Å². The van der Waals surface area contributed by atoms with E-state index in [0.717, 1.165) is 38.0 Å². The number of hydrogen-bond donors (Lipinski definition) is 1. The van der Waals surface area contributed by atoms with Crippen LogP contribution in [0.3, 0.4) is 0 Å². The summed E-state index contributed by atoms with van der Waals surface area (Å²) in [5.74, 6) is 1.31. The minimum atomic E-state index is -0.664. The molecule has 3 aliphatic carbocycles. The van der Waals surface area contributed by atoms with E-state index in [-0.39, 0.29) is 5.41 Å². The number of hydrogen-bond acceptors (Lipinski definition) is 5. The summed E-state index contributed by atoms with van der Waals surface area (Å²) in [7, 11) is 3.71. The molecular weight excluding hydrogens is 362 g/mol. The topological polar surface area (TPSA) is 60.1 Å². The lowest BCUT2D eigenvalue weighted by atomic mass is 9.66. The Labute approximate surface area is 174 Å². The zero-order valence-corrected chi connectivity index (χ0v) is 18.0. The van der Waals surface area contributed by atoms with E-state index in [1.54, 1.807) is 5.06 Å². The summed E-state index contributed by atoms with van der Waals surface area (Å²) in [6.07, 6.45) is 13.7. The number of rotatable bonds is 3. The van der Waals surface area contributed by atoms with Gasteiger partial charge in [-0.1, -0.05) is 50.3 Å². The van der Waals surface area contributed by atoms with Crippen molar-refractivity contribution < 1.29 is 9.57 Å². The lowest BCUT2D eigenvalue weighted by Gasteiger charge is -2.45. The van der Waals surface area contributed by atoms with Crippen LogP contribution in [0.15, 0.2) is 23.2 Å². The predicted octanol–water partition coefficient (Wildman–Crippen LogP) is 4.29. The summed E-state index contributed by atoms with van der Waals surface area (Å²) >= 11 is 0. The molecule has 2 spiro atoms. The summed E-state index contributed by atoms with van der Waals surface area (Å²) in [5.41, 5.74) is 9.64. The van der Waals surface area contributed by atoms with Crippen LogP contribution < -0.4 is 5.73 Å². The maximum atomic E-state index is 6.52. The molecule has 5 rings (SSSR count). The normalized spacial score (nSPS) is 34.8. The van der Waals surface area contributed by atoms with Crippen molar-refractivity contribution in [1.82, 2.24) is 5.06 Å². The number of guanidine groups is 1. The number of nitrogens with two attached hydrogens (primary N) is 1. The Bertz CT molecular complexity index is 793. The van der Waals surface area contributed by atoms with Crippen LogP contribution in [0.5, 0.6) is 0 Å². The molecule has 2 saturated carbocycles. The fraction of sp³-hybridized carbons (Fsp3) is 0.708. The van der Waals surface area contributed by atoms with Gasteiger partial charge in [0.15, 0.2) is 0 Å². The first-order valence-corrected chi connectivity index (χ1v) is 11.5. The molecule has 2 fully saturated rings. The second kappa shape index (κ2) is 7.28. The highest BCUT2D eigenvalue weighted by Gasteiger charge is 2.63. The molecule has 2 N–H and O–H groups in total. The maximum absolute atomic E-state index is 6.52. The first kappa shape index (κ1) is 19.4. The van der Waals surface area contributed by atoms with Gasteiger partial charge < -0.3 is 10.5 Å². The van der Waals surface area contributed by atoms with E-state index < -0.39 is 5.72 Å². The monoisotopic (exact) mass is 397 g/mol. The van der Waals surface area contributed by atoms with Crippen molar-refractivity contribution in [3.63, 3.8) is 0 Å². The van der Waals surface area contributed by atoms with Crippen LogP contribution in [0.1, 0.15) is 74.5 Å². The fourth-order valence-electron chi connectivity index (χ4n) is 6.43. The Morgan fingerprint density at radius 3 is 2.59 bits per heavy atom. The van der Waals surface area contributed by atoms with Crippen LogP contribution in [0.25, 0.3) is 0 Å². The molecule has 0 bridgehead atoms. The Kier molecular flexibility index (Phi) is 4.86. The van der Waals surface area contributed by atoms with Crippen molar-refractivity contribution in [2.24, 2.45) is 22.1 Å². The summed E-state index contributed by atoms with van der Waals surface area (Å²) in [4.78, 5) is 11.5. The van der Waals surface area contributed by atoms with Gasteiger partial charge in [-0.15, -0.1) is 0 Å². The highest BCUT2D eigenvalue weighted by atomic mass is 16.7. The van der Waals surface area contributed by atoms with Gasteiger partial charge in [0.05, 0.1) is 6.10 Å². The van der Waals surface area contributed by atoms with Gasteiger partial charge in [0.2, 0.25) is 11.7 Å². The summed E-state index contributed by atoms with van der Waals surface area (Å²) < 4.78 is 5.66. The maximum Gasteiger partial charge on any atom is 0.220 e. The number of fused-ring (bicyclic) bond motifs is 3. The molecule has 1 atom stereocenters. The largest absolute Gasteiger partial charge is 0.381 e.